The summed E-state index contributed by atoms with van der Waals surface area (Å²) >= 11 is 6.38. The predicted octanol–water partition coefficient (Wildman–Crippen LogP) is 3.42. The average Bonchev–Trinajstić information content (AvgIpc) is 2.61. The number of hydrogen-bond acceptors (Lipinski definition) is 5. The SMILES string of the molecule is Cc1cc(N(C)C2CCCN(c3ccc(C#N)cc3Cl)C2)ncn1. The normalized spacial score (nSPS) is 17.4. The molecule has 0 radical (unpaired) electrons. The van der Waals surface area contributed by atoms with Gasteiger partial charge in [0.1, 0.15) is 12.1 Å². The van der Waals surface area contributed by atoms with Crippen molar-refractivity contribution in [1.82, 2.24) is 9.97 Å². The molecule has 0 aliphatic carbocycles. The van der Waals surface area contributed by atoms with Crippen molar-refractivity contribution in [2.75, 3.05) is 29.9 Å². The van der Waals surface area contributed by atoms with E-state index in [2.05, 4.69) is 32.9 Å². The van der Waals surface area contributed by atoms with Crippen LogP contribution in [0.5, 0.6) is 0 Å². The van der Waals surface area contributed by atoms with Gasteiger partial charge < -0.3 is 9.80 Å². The van der Waals surface area contributed by atoms with Gasteiger partial charge >= 0.3 is 0 Å². The molecule has 24 heavy (non-hydrogen) atoms. The summed E-state index contributed by atoms with van der Waals surface area (Å²) < 4.78 is 0. The van der Waals surface area contributed by atoms with Crippen molar-refractivity contribution in [1.29, 1.82) is 5.26 Å². The molecular weight excluding hydrogens is 322 g/mol. The standard InChI is InChI=1S/C18H20ClN5/c1-13-8-18(22-12-21-13)23(2)15-4-3-7-24(11-15)17-6-5-14(10-20)9-16(17)19/h5-6,8-9,12,15H,3-4,7,11H2,1-2H3. The van der Waals surface area contributed by atoms with E-state index < -0.39 is 0 Å². The fourth-order valence-corrected chi connectivity index (χ4v) is 3.44. The molecule has 3 rings (SSSR count). The van der Waals surface area contributed by atoms with Gasteiger partial charge in [-0.1, -0.05) is 11.6 Å². The Bertz CT molecular complexity index is 770. The monoisotopic (exact) mass is 341 g/mol. The van der Waals surface area contributed by atoms with E-state index in [-0.39, 0.29) is 0 Å². The molecule has 1 aromatic heterocycles. The summed E-state index contributed by atoms with van der Waals surface area (Å²) in [4.78, 5) is 13.1. The second-order valence-corrected chi connectivity index (χ2v) is 6.56. The molecule has 0 bridgehead atoms. The van der Waals surface area contributed by atoms with Gasteiger partial charge in [-0.3, -0.25) is 0 Å². The van der Waals surface area contributed by atoms with E-state index >= 15 is 0 Å². The van der Waals surface area contributed by atoms with Crippen molar-refractivity contribution in [3.63, 3.8) is 0 Å². The Balaban J connectivity index is 1.78. The summed E-state index contributed by atoms with van der Waals surface area (Å²) in [6.45, 7) is 3.83. The Labute approximate surface area is 147 Å². The molecule has 0 spiro atoms. The highest BCUT2D eigenvalue weighted by molar-refractivity contribution is 6.33. The van der Waals surface area contributed by atoms with E-state index in [1.54, 1.807) is 12.4 Å². The molecule has 1 saturated heterocycles. The molecule has 124 valence electrons. The number of benzene rings is 1. The van der Waals surface area contributed by atoms with Crippen LogP contribution in [-0.4, -0.2) is 36.1 Å². The lowest BCUT2D eigenvalue weighted by Gasteiger charge is -2.39. The Morgan fingerprint density at radius 2 is 2.17 bits per heavy atom. The number of nitrogens with zero attached hydrogens (tertiary/aromatic N) is 5. The van der Waals surface area contributed by atoms with Gasteiger partial charge in [-0.15, -0.1) is 0 Å². The van der Waals surface area contributed by atoms with Crippen LogP contribution in [0.25, 0.3) is 0 Å². The van der Waals surface area contributed by atoms with Gasteiger partial charge in [-0.2, -0.15) is 5.26 Å². The van der Waals surface area contributed by atoms with Crippen LogP contribution in [0.3, 0.4) is 0 Å². The minimum atomic E-state index is 0.361. The van der Waals surface area contributed by atoms with Gasteiger partial charge in [-0.25, -0.2) is 9.97 Å². The highest BCUT2D eigenvalue weighted by Crippen LogP contribution is 2.30. The number of anilines is 2. The Morgan fingerprint density at radius 1 is 1.33 bits per heavy atom. The summed E-state index contributed by atoms with van der Waals surface area (Å²) in [5.74, 6) is 0.945. The topological polar surface area (TPSA) is 56.0 Å². The van der Waals surface area contributed by atoms with Crippen LogP contribution in [0.1, 0.15) is 24.1 Å². The summed E-state index contributed by atoms with van der Waals surface area (Å²) in [5.41, 5.74) is 2.55. The van der Waals surface area contributed by atoms with E-state index in [1.165, 1.54) is 0 Å². The Hall–Kier alpha value is -2.32. The molecule has 1 atom stereocenters. The molecule has 0 amide bonds. The van der Waals surface area contributed by atoms with E-state index in [0.29, 0.717) is 16.6 Å². The molecular formula is C18H20ClN5. The van der Waals surface area contributed by atoms with Gasteiger partial charge in [0, 0.05) is 37.9 Å². The zero-order valence-corrected chi connectivity index (χ0v) is 14.7. The summed E-state index contributed by atoms with van der Waals surface area (Å²) in [6, 6.07) is 9.99. The van der Waals surface area contributed by atoms with Crippen molar-refractivity contribution in [2.45, 2.75) is 25.8 Å². The lowest BCUT2D eigenvalue weighted by atomic mass is 10.0. The highest BCUT2D eigenvalue weighted by Gasteiger charge is 2.25. The van der Waals surface area contributed by atoms with Gasteiger partial charge in [0.2, 0.25) is 0 Å². The average molecular weight is 342 g/mol. The fraction of sp³-hybridized carbons (Fsp3) is 0.389. The van der Waals surface area contributed by atoms with Crippen molar-refractivity contribution < 1.29 is 0 Å². The molecule has 1 fully saturated rings. The zero-order valence-electron chi connectivity index (χ0n) is 13.9. The number of aromatic nitrogens is 2. The summed E-state index contributed by atoms with van der Waals surface area (Å²) in [6.07, 6.45) is 3.82. The van der Waals surface area contributed by atoms with Crippen LogP contribution in [0.2, 0.25) is 5.02 Å². The molecule has 2 aromatic rings. The molecule has 1 aromatic carbocycles. The van der Waals surface area contributed by atoms with Crippen LogP contribution >= 0.6 is 11.6 Å². The van der Waals surface area contributed by atoms with Crippen LogP contribution in [-0.2, 0) is 0 Å². The first-order valence-electron chi connectivity index (χ1n) is 8.04. The third kappa shape index (κ3) is 3.44. The zero-order chi connectivity index (χ0) is 17.1. The highest BCUT2D eigenvalue weighted by atomic mass is 35.5. The van der Waals surface area contributed by atoms with Crippen LogP contribution in [0, 0.1) is 18.3 Å². The maximum absolute atomic E-state index is 8.99. The number of aryl methyl sites for hydroxylation is 1. The molecule has 1 aliphatic rings. The number of hydrogen-bond donors (Lipinski definition) is 0. The Kier molecular flexibility index (Phi) is 4.86. The third-order valence-electron chi connectivity index (χ3n) is 4.51. The largest absolute Gasteiger partial charge is 0.368 e. The molecule has 6 heteroatoms. The van der Waals surface area contributed by atoms with Crippen LogP contribution in [0.15, 0.2) is 30.6 Å². The van der Waals surface area contributed by atoms with E-state index in [9.17, 15) is 0 Å². The molecule has 1 unspecified atom stereocenters. The Morgan fingerprint density at radius 3 is 2.88 bits per heavy atom. The van der Waals surface area contributed by atoms with E-state index in [4.69, 9.17) is 16.9 Å². The molecule has 0 saturated carbocycles. The van der Waals surface area contributed by atoms with Gasteiger partial charge in [-0.05, 0) is 38.0 Å². The lowest BCUT2D eigenvalue weighted by molar-refractivity contribution is 0.486. The lowest BCUT2D eigenvalue weighted by Crippen LogP contribution is -2.47. The minimum Gasteiger partial charge on any atom is -0.368 e. The first-order chi connectivity index (χ1) is 11.6. The van der Waals surface area contributed by atoms with E-state index in [1.807, 2.05) is 25.1 Å². The molecule has 2 heterocycles. The second-order valence-electron chi connectivity index (χ2n) is 6.15. The quantitative estimate of drug-likeness (QED) is 0.856. The van der Waals surface area contributed by atoms with Crippen LogP contribution < -0.4 is 9.80 Å². The molecule has 0 N–H and O–H groups in total. The smallest absolute Gasteiger partial charge is 0.132 e. The fourth-order valence-electron chi connectivity index (χ4n) is 3.14. The van der Waals surface area contributed by atoms with E-state index in [0.717, 1.165) is 43.1 Å². The van der Waals surface area contributed by atoms with Crippen LogP contribution in [0.4, 0.5) is 11.5 Å². The molecule has 5 nitrogen and oxygen atoms in total. The number of likely N-dealkylation sites (N-methyl/N-ethyl adjacent to an activating group) is 1. The number of piperidine rings is 1. The van der Waals surface area contributed by atoms with Crippen molar-refractivity contribution in [3.05, 3.63) is 46.9 Å². The van der Waals surface area contributed by atoms with Gasteiger partial charge in [0.15, 0.2) is 0 Å². The number of rotatable bonds is 3. The van der Waals surface area contributed by atoms with Crippen molar-refractivity contribution in [2.24, 2.45) is 0 Å². The number of halogens is 1. The van der Waals surface area contributed by atoms with Gasteiger partial charge in [0.05, 0.1) is 22.3 Å². The summed E-state index contributed by atoms with van der Waals surface area (Å²) in [5, 5.41) is 9.62. The minimum absolute atomic E-state index is 0.361. The third-order valence-corrected chi connectivity index (χ3v) is 4.82. The predicted molar refractivity (Wildman–Crippen MR) is 96.6 cm³/mol. The van der Waals surface area contributed by atoms with Gasteiger partial charge in [0.25, 0.3) is 0 Å². The van der Waals surface area contributed by atoms with Crippen molar-refractivity contribution >= 4 is 23.1 Å². The molecule has 1 aliphatic heterocycles. The number of nitriles is 1. The second kappa shape index (κ2) is 7.06. The maximum Gasteiger partial charge on any atom is 0.132 e. The maximum atomic E-state index is 8.99. The summed E-state index contributed by atoms with van der Waals surface area (Å²) in [7, 11) is 2.08. The first-order valence-corrected chi connectivity index (χ1v) is 8.42. The first kappa shape index (κ1) is 16.5. The van der Waals surface area contributed by atoms with Crippen molar-refractivity contribution in [3.8, 4) is 6.07 Å².